The number of hydrogen-bond donors (Lipinski definition) is 1. The van der Waals surface area contributed by atoms with Gasteiger partial charge in [0, 0.05) is 24.8 Å². The van der Waals surface area contributed by atoms with Crippen LogP contribution in [0.2, 0.25) is 0 Å². The van der Waals surface area contributed by atoms with E-state index in [-0.39, 0.29) is 5.91 Å². The average molecular weight is 407 g/mol. The number of thioether (sulfide) groups is 1. The lowest BCUT2D eigenvalue weighted by atomic mass is 10.0. The zero-order chi connectivity index (χ0) is 20.6. The van der Waals surface area contributed by atoms with E-state index in [0.29, 0.717) is 11.7 Å². The van der Waals surface area contributed by atoms with Gasteiger partial charge in [-0.25, -0.2) is 4.79 Å². The van der Waals surface area contributed by atoms with Crippen molar-refractivity contribution in [3.05, 3.63) is 35.9 Å². The van der Waals surface area contributed by atoms with E-state index in [2.05, 4.69) is 12.2 Å². The van der Waals surface area contributed by atoms with Crippen LogP contribution in [0.25, 0.3) is 0 Å². The number of likely N-dealkylation sites (tertiary alicyclic amines) is 1. The minimum absolute atomic E-state index is 0.0154. The first-order chi connectivity index (χ1) is 13.3. The van der Waals surface area contributed by atoms with Crippen molar-refractivity contribution >= 4 is 23.8 Å². The molecule has 2 amide bonds. The molecule has 0 spiro atoms. The molecule has 1 N–H and O–H groups in total. The van der Waals surface area contributed by atoms with Gasteiger partial charge >= 0.3 is 6.09 Å². The predicted octanol–water partition coefficient (Wildman–Crippen LogP) is 4.26. The van der Waals surface area contributed by atoms with E-state index in [9.17, 15) is 9.59 Å². The van der Waals surface area contributed by atoms with Gasteiger partial charge < -0.3 is 15.0 Å². The summed E-state index contributed by atoms with van der Waals surface area (Å²) in [5.41, 5.74) is 0.418. The number of rotatable bonds is 6. The molecule has 1 aromatic carbocycles. The summed E-state index contributed by atoms with van der Waals surface area (Å²) in [6.07, 6.45) is 3.21. The van der Waals surface area contributed by atoms with E-state index in [1.54, 1.807) is 0 Å². The predicted molar refractivity (Wildman–Crippen MR) is 116 cm³/mol. The monoisotopic (exact) mass is 406 g/mol. The van der Waals surface area contributed by atoms with Crippen molar-refractivity contribution < 1.29 is 14.3 Å². The highest BCUT2D eigenvalue weighted by atomic mass is 32.2. The highest BCUT2D eigenvalue weighted by Gasteiger charge is 2.30. The number of carbonyl (C=O) groups excluding carboxylic acids is 2. The Labute approximate surface area is 173 Å². The maximum atomic E-state index is 13.4. The summed E-state index contributed by atoms with van der Waals surface area (Å²) in [4.78, 5) is 27.7. The number of hydrogen-bond acceptors (Lipinski definition) is 4. The maximum Gasteiger partial charge on any atom is 0.408 e. The number of benzene rings is 1. The fourth-order valence-corrected chi connectivity index (χ4v) is 4.49. The molecule has 1 aromatic rings. The van der Waals surface area contributed by atoms with Crippen LogP contribution >= 0.6 is 11.8 Å². The molecule has 2 atom stereocenters. The molecule has 2 rings (SSSR count). The van der Waals surface area contributed by atoms with Gasteiger partial charge in [-0.05, 0) is 44.9 Å². The van der Waals surface area contributed by atoms with Crippen LogP contribution in [0.1, 0.15) is 52.5 Å². The molecule has 6 heteroatoms. The quantitative estimate of drug-likeness (QED) is 0.767. The molecule has 1 unspecified atom stereocenters. The number of alkyl carbamates (subject to hydrolysis) is 1. The summed E-state index contributed by atoms with van der Waals surface area (Å²) in [6, 6.07) is 9.18. The van der Waals surface area contributed by atoms with Crippen LogP contribution in [0.15, 0.2) is 30.3 Å². The second kappa shape index (κ2) is 10.7. The zero-order valence-electron chi connectivity index (χ0n) is 17.6. The largest absolute Gasteiger partial charge is 0.444 e. The summed E-state index contributed by atoms with van der Waals surface area (Å²) in [5, 5.41) is 3.30. The summed E-state index contributed by atoms with van der Waals surface area (Å²) >= 11 is 1.92. The zero-order valence-corrected chi connectivity index (χ0v) is 18.4. The fraction of sp³-hybridized carbons (Fsp3) is 0.636. The molecule has 28 heavy (non-hydrogen) atoms. The van der Waals surface area contributed by atoms with Crippen LogP contribution in [0.5, 0.6) is 0 Å². The van der Waals surface area contributed by atoms with E-state index in [4.69, 9.17) is 4.74 Å². The number of nitrogens with zero attached hydrogens (tertiary/aromatic N) is 1. The molecule has 1 aliphatic heterocycles. The molecule has 1 fully saturated rings. The molecular formula is C22H34N2O3S. The van der Waals surface area contributed by atoms with Crippen molar-refractivity contribution in [1.29, 1.82) is 0 Å². The topological polar surface area (TPSA) is 58.6 Å². The maximum absolute atomic E-state index is 13.4. The fourth-order valence-electron chi connectivity index (χ4n) is 3.40. The minimum Gasteiger partial charge on any atom is -0.444 e. The third kappa shape index (κ3) is 7.74. The summed E-state index contributed by atoms with van der Waals surface area (Å²) < 4.78 is 5.40. The summed E-state index contributed by atoms with van der Waals surface area (Å²) in [5.74, 6) is 1.04. The molecule has 1 aliphatic rings. The molecule has 1 heterocycles. The van der Waals surface area contributed by atoms with Gasteiger partial charge in [0.05, 0.1) is 0 Å². The van der Waals surface area contributed by atoms with E-state index in [1.807, 2.05) is 67.8 Å². The normalized spacial score (nSPS) is 18.9. The van der Waals surface area contributed by atoms with Crippen LogP contribution in [-0.4, -0.2) is 52.6 Å². The molecular weight excluding hydrogens is 372 g/mol. The van der Waals surface area contributed by atoms with Crippen molar-refractivity contribution in [1.82, 2.24) is 10.2 Å². The SMILES string of the molecule is CCSC1CCCCN(C(=O)[C@H](Cc2ccccc2)NC(=O)OC(C)(C)C)C1. The first-order valence-electron chi connectivity index (χ1n) is 10.2. The highest BCUT2D eigenvalue weighted by molar-refractivity contribution is 7.99. The lowest BCUT2D eigenvalue weighted by Gasteiger charge is -2.29. The minimum atomic E-state index is -0.623. The molecule has 0 bridgehead atoms. The Hall–Kier alpha value is -1.69. The van der Waals surface area contributed by atoms with Gasteiger partial charge in [-0.3, -0.25) is 4.79 Å². The van der Waals surface area contributed by atoms with E-state index >= 15 is 0 Å². The van der Waals surface area contributed by atoms with Crippen LogP contribution < -0.4 is 5.32 Å². The van der Waals surface area contributed by atoms with Crippen molar-refractivity contribution in [2.75, 3.05) is 18.8 Å². The van der Waals surface area contributed by atoms with Gasteiger partial charge in [0.25, 0.3) is 0 Å². The second-order valence-corrected chi connectivity index (χ2v) is 9.82. The van der Waals surface area contributed by atoms with Crippen LogP contribution in [0.4, 0.5) is 4.79 Å². The lowest BCUT2D eigenvalue weighted by molar-refractivity contribution is -0.133. The second-order valence-electron chi connectivity index (χ2n) is 8.25. The number of amides is 2. The van der Waals surface area contributed by atoms with Crippen molar-refractivity contribution in [3.63, 3.8) is 0 Å². The van der Waals surface area contributed by atoms with Crippen LogP contribution in [0, 0.1) is 0 Å². The van der Waals surface area contributed by atoms with Gasteiger partial charge in [-0.2, -0.15) is 11.8 Å². The molecule has 0 aromatic heterocycles. The summed E-state index contributed by atoms with van der Waals surface area (Å²) in [7, 11) is 0. The van der Waals surface area contributed by atoms with Crippen LogP contribution in [0.3, 0.4) is 0 Å². The van der Waals surface area contributed by atoms with E-state index in [1.165, 1.54) is 0 Å². The Morgan fingerprint density at radius 1 is 1.25 bits per heavy atom. The summed E-state index contributed by atoms with van der Waals surface area (Å²) in [6.45, 7) is 9.12. The molecule has 156 valence electrons. The van der Waals surface area contributed by atoms with Gasteiger partial charge in [0.2, 0.25) is 5.91 Å². The first kappa shape index (κ1) is 22.6. The Kier molecular flexibility index (Phi) is 8.67. The molecule has 1 saturated heterocycles. The Morgan fingerprint density at radius 3 is 2.61 bits per heavy atom. The Bertz CT molecular complexity index is 630. The van der Waals surface area contributed by atoms with Gasteiger partial charge in [-0.1, -0.05) is 43.7 Å². The smallest absolute Gasteiger partial charge is 0.408 e. The third-order valence-corrected chi connectivity index (χ3v) is 5.80. The Balaban J connectivity index is 2.13. The number of nitrogens with one attached hydrogen (secondary N) is 1. The van der Waals surface area contributed by atoms with Crippen molar-refractivity contribution in [2.24, 2.45) is 0 Å². The van der Waals surface area contributed by atoms with E-state index < -0.39 is 17.7 Å². The molecule has 5 nitrogen and oxygen atoms in total. The third-order valence-electron chi connectivity index (χ3n) is 4.61. The number of carbonyl (C=O) groups is 2. The van der Waals surface area contributed by atoms with Crippen molar-refractivity contribution in [2.45, 2.75) is 70.3 Å². The average Bonchev–Trinajstić information content (AvgIpc) is 2.86. The first-order valence-corrected chi connectivity index (χ1v) is 11.3. The van der Waals surface area contributed by atoms with Gasteiger partial charge in [0.15, 0.2) is 0 Å². The number of ether oxygens (including phenoxy) is 1. The molecule has 0 saturated carbocycles. The molecule has 0 aliphatic carbocycles. The highest BCUT2D eigenvalue weighted by Crippen LogP contribution is 2.23. The van der Waals surface area contributed by atoms with E-state index in [0.717, 1.165) is 43.7 Å². The van der Waals surface area contributed by atoms with Crippen molar-refractivity contribution in [3.8, 4) is 0 Å². The van der Waals surface area contributed by atoms with Gasteiger partial charge in [0.1, 0.15) is 11.6 Å². The van der Waals surface area contributed by atoms with Crippen LogP contribution in [-0.2, 0) is 16.0 Å². The standard InChI is InChI=1S/C22H34N2O3S/c1-5-28-18-13-9-10-14-24(16-18)20(25)19(15-17-11-7-6-8-12-17)23-21(26)27-22(2,3)4/h6-8,11-12,18-19H,5,9-10,13-16H2,1-4H3,(H,23,26)/t18?,19-/m0/s1. The Morgan fingerprint density at radius 2 is 1.96 bits per heavy atom. The van der Waals surface area contributed by atoms with Gasteiger partial charge in [-0.15, -0.1) is 0 Å². The lowest BCUT2D eigenvalue weighted by Crippen LogP contribution is -2.51. The molecule has 0 radical (unpaired) electrons.